The van der Waals surface area contributed by atoms with Crippen molar-refractivity contribution in [2.24, 2.45) is 12.2 Å². The van der Waals surface area contributed by atoms with E-state index in [-0.39, 0.29) is 12.3 Å². The van der Waals surface area contributed by atoms with Crippen molar-refractivity contribution in [2.75, 3.05) is 20.8 Å². The summed E-state index contributed by atoms with van der Waals surface area (Å²) < 4.78 is 18.2. The number of methoxy groups -OCH3 is 1. The van der Waals surface area contributed by atoms with Crippen LogP contribution in [0.15, 0.2) is 53.7 Å². The summed E-state index contributed by atoms with van der Waals surface area (Å²) in [5.41, 5.74) is 4.12. The molecule has 0 aliphatic carbocycles. The van der Waals surface area contributed by atoms with Crippen LogP contribution in [0.1, 0.15) is 23.6 Å². The van der Waals surface area contributed by atoms with E-state index in [1.165, 1.54) is 14.2 Å². The van der Waals surface area contributed by atoms with Crippen LogP contribution in [0.4, 0.5) is 0 Å². The van der Waals surface area contributed by atoms with Gasteiger partial charge >= 0.3 is 5.97 Å². The SMILES string of the molecule is CCOc1ccc(-c2nn(C)c(OCc3ccccc3/C(=N\OC)C(=O)OC)c2C)cc1. The van der Waals surface area contributed by atoms with Crippen molar-refractivity contribution in [1.29, 1.82) is 0 Å². The molecule has 32 heavy (non-hydrogen) atoms. The number of nitrogens with zero attached hydrogens (tertiary/aromatic N) is 3. The predicted molar refractivity (Wildman–Crippen MR) is 121 cm³/mol. The fraction of sp³-hybridized carbons (Fsp3) is 0.292. The van der Waals surface area contributed by atoms with Crippen molar-refractivity contribution in [2.45, 2.75) is 20.5 Å². The number of aryl methyl sites for hydroxylation is 1. The first-order valence-corrected chi connectivity index (χ1v) is 10.2. The van der Waals surface area contributed by atoms with Gasteiger partial charge in [0, 0.05) is 23.7 Å². The highest BCUT2D eigenvalue weighted by atomic mass is 16.6. The standard InChI is InChI=1S/C24H27N3O5/c1-6-31-19-13-11-17(12-14-19)21-16(2)23(27(3)25-21)32-15-18-9-7-8-10-20(18)22(26-30-5)24(28)29-4/h7-14H,6,15H2,1-5H3/b26-22+. The third-order valence-corrected chi connectivity index (χ3v) is 4.86. The van der Waals surface area contributed by atoms with Crippen LogP contribution in [-0.4, -0.2) is 42.3 Å². The van der Waals surface area contributed by atoms with Gasteiger partial charge < -0.3 is 19.0 Å². The zero-order valence-electron chi connectivity index (χ0n) is 18.9. The van der Waals surface area contributed by atoms with Crippen LogP contribution in [0.2, 0.25) is 0 Å². The number of carbonyl (C=O) groups is 1. The molecule has 2 aromatic carbocycles. The fourth-order valence-corrected chi connectivity index (χ4v) is 3.37. The zero-order chi connectivity index (χ0) is 23.1. The van der Waals surface area contributed by atoms with Gasteiger partial charge in [-0.25, -0.2) is 9.48 Å². The van der Waals surface area contributed by atoms with E-state index in [0.29, 0.717) is 18.1 Å². The van der Waals surface area contributed by atoms with Crippen molar-refractivity contribution < 1.29 is 23.8 Å². The molecule has 3 rings (SSSR count). The van der Waals surface area contributed by atoms with E-state index < -0.39 is 5.97 Å². The lowest BCUT2D eigenvalue weighted by Gasteiger charge is -2.12. The number of rotatable bonds is 9. The van der Waals surface area contributed by atoms with Crippen molar-refractivity contribution in [1.82, 2.24) is 9.78 Å². The van der Waals surface area contributed by atoms with Gasteiger partial charge in [-0.2, -0.15) is 5.10 Å². The maximum atomic E-state index is 12.2. The molecule has 0 atom stereocenters. The molecule has 1 aromatic heterocycles. The van der Waals surface area contributed by atoms with Crippen LogP contribution in [-0.2, 0) is 28.0 Å². The first-order valence-electron chi connectivity index (χ1n) is 10.2. The molecule has 0 fully saturated rings. The van der Waals surface area contributed by atoms with E-state index >= 15 is 0 Å². The Morgan fingerprint density at radius 2 is 1.78 bits per heavy atom. The van der Waals surface area contributed by atoms with E-state index in [1.54, 1.807) is 10.7 Å². The molecule has 0 amide bonds. The average molecular weight is 437 g/mol. The Morgan fingerprint density at radius 3 is 2.44 bits per heavy atom. The van der Waals surface area contributed by atoms with Gasteiger partial charge in [0.2, 0.25) is 5.88 Å². The van der Waals surface area contributed by atoms with Crippen LogP contribution < -0.4 is 9.47 Å². The van der Waals surface area contributed by atoms with Gasteiger partial charge in [-0.3, -0.25) is 0 Å². The van der Waals surface area contributed by atoms with Crippen LogP contribution in [0.5, 0.6) is 11.6 Å². The molecule has 3 aromatic rings. The lowest BCUT2D eigenvalue weighted by Crippen LogP contribution is -2.20. The summed E-state index contributed by atoms with van der Waals surface area (Å²) in [5, 5.41) is 8.47. The second-order valence-corrected chi connectivity index (χ2v) is 6.92. The molecule has 0 N–H and O–H groups in total. The maximum Gasteiger partial charge on any atom is 0.360 e. The molecule has 0 aliphatic rings. The first kappa shape index (κ1) is 22.9. The van der Waals surface area contributed by atoms with Crippen molar-refractivity contribution >= 4 is 11.7 Å². The lowest BCUT2D eigenvalue weighted by atomic mass is 10.0. The molecular formula is C24H27N3O5. The zero-order valence-corrected chi connectivity index (χ0v) is 18.9. The Hall–Kier alpha value is -3.81. The monoisotopic (exact) mass is 437 g/mol. The summed E-state index contributed by atoms with van der Waals surface area (Å²) in [6, 6.07) is 15.1. The summed E-state index contributed by atoms with van der Waals surface area (Å²) in [4.78, 5) is 17.0. The molecule has 0 saturated heterocycles. The highest BCUT2D eigenvalue weighted by Gasteiger charge is 2.21. The number of benzene rings is 2. The molecule has 0 bridgehead atoms. The van der Waals surface area contributed by atoms with E-state index in [1.807, 2.05) is 63.4 Å². The van der Waals surface area contributed by atoms with Crippen LogP contribution in [0.25, 0.3) is 11.3 Å². The van der Waals surface area contributed by atoms with E-state index in [9.17, 15) is 4.79 Å². The number of ether oxygens (including phenoxy) is 3. The maximum absolute atomic E-state index is 12.2. The number of carbonyl (C=O) groups excluding carboxylic acids is 1. The number of hydrogen-bond donors (Lipinski definition) is 0. The molecule has 8 heteroatoms. The van der Waals surface area contributed by atoms with Gasteiger partial charge in [-0.1, -0.05) is 29.4 Å². The Balaban J connectivity index is 1.86. The second kappa shape index (κ2) is 10.5. The Kier molecular flexibility index (Phi) is 7.49. The third kappa shape index (κ3) is 4.91. The lowest BCUT2D eigenvalue weighted by molar-refractivity contribution is -0.132. The minimum atomic E-state index is -0.589. The molecule has 168 valence electrons. The molecule has 1 heterocycles. The molecule has 0 unspecified atom stereocenters. The second-order valence-electron chi connectivity index (χ2n) is 6.92. The Bertz CT molecular complexity index is 1100. The number of oxime groups is 1. The minimum Gasteiger partial charge on any atom is -0.494 e. The Morgan fingerprint density at radius 1 is 1.06 bits per heavy atom. The van der Waals surface area contributed by atoms with Crippen LogP contribution in [0, 0.1) is 6.92 Å². The summed E-state index contributed by atoms with van der Waals surface area (Å²) in [6.45, 7) is 4.74. The summed E-state index contributed by atoms with van der Waals surface area (Å²) >= 11 is 0. The molecule has 0 aliphatic heterocycles. The van der Waals surface area contributed by atoms with E-state index in [4.69, 9.17) is 19.0 Å². The highest BCUT2D eigenvalue weighted by Crippen LogP contribution is 2.31. The van der Waals surface area contributed by atoms with Crippen LogP contribution >= 0.6 is 0 Å². The summed E-state index contributed by atoms with van der Waals surface area (Å²) in [6.07, 6.45) is 0. The Labute approximate surface area is 187 Å². The van der Waals surface area contributed by atoms with Crippen molar-refractivity contribution in [3.63, 3.8) is 0 Å². The first-order chi connectivity index (χ1) is 15.5. The smallest absolute Gasteiger partial charge is 0.360 e. The quantitative estimate of drug-likeness (QED) is 0.287. The van der Waals surface area contributed by atoms with Gasteiger partial charge in [0.05, 0.1) is 19.4 Å². The van der Waals surface area contributed by atoms with E-state index in [2.05, 4.69) is 10.3 Å². The predicted octanol–water partition coefficient (Wildman–Crippen LogP) is 3.90. The topological polar surface area (TPSA) is 84.2 Å². The van der Waals surface area contributed by atoms with Gasteiger partial charge in [-0.05, 0) is 43.7 Å². The number of esters is 1. The average Bonchev–Trinajstić information content (AvgIpc) is 3.09. The molecule has 0 saturated carbocycles. The third-order valence-electron chi connectivity index (χ3n) is 4.86. The summed E-state index contributed by atoms with van der Waals surface area (Å²) in [5.74, 6) is 0.859. The number of aromatic nitrogens is 2. The van der Waals surface area contributed by atoms with Gasteiger partial charge in [0.15, 0.2) is 5.71 Å². The minimum absolute atomic E-state index is 0.0750. The normalized spacial score (nSPS) is 11.2. The molecular weight excluding hydrogens is 410 g/mol. The van der Waals surface area contributed by atoms with E-state index in [0.717, 1.165) is 28.1 Å². The van der Waals surface area contributed by atoms with Gasteiger partial charge in [-0.15, -0.1) is 0 Å². The van der Waals surface area contributed by atoms with Crippen LogP contribution in [0.3, 0.4) is 0 Å². The largest absolute Gasteiger partial charge is 0.494 e. The van der Waals surface area contributed by atoms with Crippen molar-refractivity contribution in [3.05, 3.63) is 65.2 Å². The van der Waals surface area contributed by atoms with Gasteiger partial charge in [0.25, 0.3) is 0 Å². The molecule has 0 spiro atoms. The highest BCUT2D eigenvalue weighted by molar-refractivity contribution is 6.43. The molecule has 8 nitrogen and oxygen atoms in total. The van der Waals surface area contributed by atoms with Crippen molar-refractivity contribution in [3.8, 4) is 22.9 Å². The fourth-order valence-electron chi connectivity index (χ4n) is 3.37. The number of hydrogen-bond acceptors (Lipinski definition) is 7. The molecule has 0 radical (unpaired) electrons. The summed E-state index contributed by atoms with van der Waals surface area (Å²) in [7, 11) is 4.51. The van der Waals surface area contributed by atoms with Gasteiger partial charge in [0.1, 0.15) is 19.5 Å².